The Balaban J connectivity index is 1.70. The number of piperazine rings is 1. The molecule has 0 unspecified atom stereocenters. The number of anilines is 1. The first-order valence-electron chi connectivity index (χ1n) is 11.6. The van der Waals surface area contributed by atoms with Crippen molar-refractivity contribution in [1.82, 2.24) is 9.80 Å². The number of hydrogen-bond donors (Lipinski definition) is 0. The molecule has 33 heavy (non-hydrogen) atoms. The lowest BCUT2D eigenvalue weighted by atomic mass is 9.99. The van der Waals surface area contributed by atoms with E-state index < -0.39 is 0 Å². The highest BCUT2D eigenvalue weighted by atomic mass is 16.5. The van der Waals surface area contributed by atoms with E-state index in [1.807, 2.05) is 44.2 Å². The van der Waals surface area contributed by atoms with Crippen LogP contribution < -0.4 is 9.64 Å². The van der Waals surface area contributed by atoms with Gasteiger partial charge in [0.25, 0.3) is 11.8 Å². The van der Waals surface area contributed by atoms with Crippen LogP contribution in [0.2, 0.25) is 0 Å². The van der Waals surface area contributed by atoms with Crippen molar-refractivity contribution >= 4 is 23.1 Å². The second-order valence-electron chi connectivity index (χ2n) is 9.46. The number of carbonyl (C=O) groups is 2. The zero-order valence-electron chi connectivity index (χ0n) is 20.2. The van der Waals surface area contributed by atoms with E-state index in [0.717, 1.165) is 48.6 Å². The molecule has 4 rings (SSSR count). The van der Waals surface area contributed by atoms with Gasteiger partial charge in [0.15, 0.2) is 0 Å². The summed E-state index contributed by atoms with van der Waals surface area (Å²) in [4.78, 5) is 33.0. The average Bonchev–Trinajstić information content (AvgIpc) is 3.05. The van der Waals surface area contributed by atoms with Gasteiger partial charge >= 0.3 is 0 Å². The Hall–Kier alpha value is -3.12. The first-order valence-corrected chi connectivity index (χ1v) is 11.6. The van der Waals surface area contributed by atoms with E-state index in [0.29, 0.717) is 29.5 Å². The van der Waals surface area contributed by atoms with Crippen LogP contribution in [0.4, 0.5) is 5.69 Å². The van der Waals surface area contributed by atoms with Gasteiger partial charge in [-0.25, -0.2) is 4.90 Å². The molecular weight excluding hydrogens is 414 g/mol. The van der Waals surface area contributed by atoms with Crippen molar-refractivity contribution in [3.63, 3.8) is 0 Å². The second-order valence-corrected chi connectivity index (χ2v) is 9.46. The van der Waals surface area contributed by atoms with Gasteiger partial charge in [-0.1, -0.05) is 32.0 Å². The quantitative estimate of drug-likeness (QED) is 0.630. The number of amides is 2. The van der Waals surface area contributed by atoms with Crippen LogP contribution in [0.3, 0.4) is 0 Å². The molecule has 2 heterocycles. The first-order chi connectivity index (χ1) is 15.8. The molecule has 0 spiro atoms. The summed E-state index contributed by atoms with van der Waals surface area (Å²) in [7, 11) is 2.08. The Morgan fingerprint density at radius 1 is 0.879 bits per heavy atom. The number of ether oxygens (including phenoxy) is 1. The monoisotopic (exact) mass is 447 g/mol. The molecule has 174 valence electrons. The predicted octanol–water partition coefficient (Wildman–Crippen LogP) is 3.87. The minimum atomic E-state index is -0.270. The van der Waals surface area contributed by atoms with Crippen molar-refractivity contribution in [1.29, 1.82) is 0 Å². The molecule has 1 fully saturated rings. The molecule has 2 aromatic rings. The van der Waals surface area contributed by atoms with E-state index in [1.165, 1.54) is 4.90 Å². The Morgan fingerprint density at radius 2 is 1.55 bits per heavy atom. The van der Waals surface area contributed by atoms with Gasteiger partial charge in [-0.2, -0.15) is 0 Å². The minimum absolute atomic E-state index is 0.256. The zero-order valence-corrected chi connectivity index (χ0v) is 20.2. The lowest BCUT2D eigenvalue weighted by molar-refractivity contribution is -0.120. The van der Waals surface area contributed by atoms with Crippen LogP contribution in [-0.2, 0) is 9.59 Å². The fraction of sp³-hybridized carbons (Fsp3) is 0.407. The van der Waals surface area contributed by atoms with E-state index >= 15 is 0 Å². The van der Waals surface area contributed by atoms with E-state index in [1.54, 1.807) is 12.1 Å². The summed E-state index contributed by atoms with van der Waals surface area (Å²) >= 11 is 0. The van der Waals surface area contributed by atoms with Crippen molar-refractivity contribution in [3.8, 4) is 5.75 Å². The number of likely N-dealkylation sites (N-methyl/N-ethyl adjacent to an activating group) is 1. The van der Waals surface area contributed by atoms with E-state index in [-0.39, 0.29) is 11.8 Å². The molecule has 0 atom stereocenters. The molecule has 6 nitrogen and oxygen atoms in total. The number of nitrogens with zero attached hydrogens (tertiary/aromatic N) is 3. The minimum Gasteiger partial charge on any atom is -0.493 e. The van der Waals surface area contributed by atoms with Gasteiger partial charge < -0.3 is 14.5 Å². The van der Waals surface area contributed by atoms with Crippen molar-refractivity contribution in [2.45, 2.75) is 27.7 Å². The maximum Gasteiger partial charge on any atom is 0.282 e. The summed E-state index contributed by atoms with van der Waals surface area (Å²) in [6.07, 6.45) is 0. The Kier molecular flexibility index (Phi) is 6.56. The molecular formula is C27H33N3O3. The van der Waals surface area contributed by atoms with Crippen LogP contribution in [0.1, 0.15) is 30.5 Å². The van der Waals surface area contributed by atoms with E-state index in [2.05, 4.69) is 30.7 Å². The van der Waals surface area contributed by atoms with E-state index in [4.69, 9.17) is 4.74 Å². The van der Waals surface area contributed by atoms with Crippen molar-refractivity contribution < 1.29 is 14.3 Å². The van der Waals surface area contributed by atoms with Gasteiger partial charge in [-0.3, -0.25) is 9.59 Å². The van der Waals surface area contributed by atoms with Crippen LogP contribution in [0.5, 0.6) is 5.75 Å². The maximum atomic E-state index is 13.7. The molecule has 0 bridgehead atoms. The summed E-state index contributed by atoms with van der Waals surface area (Å²) in [6.45, 7) is 12.0. The lowest BCUT2D eigenvalue weighted by Gasteiger charge is -2.34. The standard InChI is InChI=1S/C27H33N3O3/c1-18(2)17-33-23-10-8-22(9-11-23)30-26(31)24(21-7-6-19(3)20(4)16-21)25(27(30)32)29-14-12-28(5)13-15-29/h6-11,16,18H,12-15,17H2,1-5H3. The topological polar surface area (TPSA) is 53.1 Å². The van der Waals surface area contributed by atoms with Gasteiger partial charge in [0.2, 0.25) is 0 Å². The summed E-state index contributed by atoms with van der Waals surface area (Å²) < 4.78 is 5.77. The Bertz CT molecular complexity index is 1080. The molecule has 0 aromatic heterocycles. The average molecular weight is 448 g/mol. The number of aryl methyl sites for hydroxylation is 2. The highest BCUT2D eigenvalue weighted by molar-refractivity contribution is 6.45. The van der Waals surface area contributed by atoms with Gasteiger partial charge in [-0.05, 0) is 67.8 Å². The third-order valence-electron chi connectivity index (χ3n) is 6.35. The van der Waals surface area contributed by atoms with Crippen molar-refractivity contribution in [2.75, 3.05) is 44.7 Å². The molecule has 2 aromatic carbocycles. The van der Waals surface area contributed by atoms with Crippen LogP contribution in [0.15, 0.2) is 48.2 Å². The number of benzene rings is 2. The largest absolute Gasteiger partial charge is 0.493 e. The predicted molar refractivity (Wildman–Crippen MR) is 131 cm³/mol. The van der Waals surface area contributed by atoms with Crippen LogP contribution >= 0.6 is 0 Å². The lowest BCUT2D eigenvalue weighted by Crippen LogP contribution is -2.46. The number of carbonyl (C=O) groups excluding carboxylic acids is 2. The zero-order chi connectivity index (χ0) is 23.7. The van der Waals surface area contributed by atoms with Gasteiger partial charge in [-0.15, -0.1) is 0 Å². The van der Waals surface area contributed by atoms with Crippen LogP contribution in [0.25, 0.3) is 5.57 Å². The normalized spacial score (nSPS) is 17.5. The van der Waals surface area contributed by atoms with E-state index in [9.17, 15) is 9.59 Å². The number of imide groups is 1. The molecule has 6 heteroatoms. The Labute approximate surface area is 196 Å². The number of hydrogen-bond acceptors (Lipinski definition) is 5. The summed E-state index contributed by atoms with van der Waals surface area (Å²) in [5.74, 6) is 0.622. The maximum absolute atomic E-state index is 13.7. The van der Waals surface area contributed by atoms with Crippen LogP contribution in [0, 0.1) is 19.8 Å². The third-order valence-corrected chi connectivity index (χ3v) is 6.35. The summed E-state index contributed by atoms with van der Waals surface area (Å²) in [5, 5.41) is 0. The van der Waals surface area contributed by atoms with Gasteiger partial charge in [0.1, 0.15) is 11.4 Å². The van der Waals surface area contributed by atoms with Crippen molar-refractivity contribution in [3.05, 3.63) is 64.9 Å². The molecule has 2 aliphatic rings. The molecule has 0 saturated carbocycles. The molecule has 2 aliphatic heterocycles. The van der Waals surface area contributed by atoms with Crippen molar-refractivity contribution in [2.24, 2.45) is 5.92 Å². The Morgan fingerprint density at radius 3 is 2.15 bits per heavy atom. The molecule has 0 N–H and O–H groups in total. The number of rotatable bonds is 6. The molecule has 2 amide bonds. The molecule has 1 saturated heterocycles. The highest BCUT2D eigenvalue weighted by Crippen LogP contribution is 2.36. The fourth-order valence-electron chi connectivity index (χ4n) is 4.19. The van der Waals surface area contributed by atoms with Gasteiger partial charge in [0.05, 0.1) is 17.9 Å². The third kappa shape index (κ3) is 4.67. The first kappa shape index (κ1) is 23.1. The SMILES string of the molecule is Cc1ccc(C2=C(N3CCN(C)CC3)C(=O)N(c3ccc(OCC(C)C)cc3)C2=O)cc1C. The smallest absolute Gasteiger partial charge is 0.282 e. The summed E-state index contributed by atoms with van der Waals surface area (Å²) in [6, 6.07) is 13.2. The highest BCUT2D eigenvalue weighted by Gasteiger charge is 2.43. The molecule has 0 radical (unpaired) electrons. The summed E-state index contributed by atoms with van der Waals surface area (Å²) in [5.41, 5.74) is 4.62. The molecule has 0 aliphatic carbocycles. The van der Waals surface area contributed by atoms with Crippen LogP contribution in [-0.4, -0.2) is 61.4 Å². The fourth-order valence-corrected chi connectivity index (χ4v) is 4.19. The van der Waals surface area contributed by atoms with Gasteiger partial charge in [0, 0.05) is 26.2 Å². The second kappa shape index (κ2) is 9.40.